The molecule has 4 nitrogen and oxygen atoms in total. The molecule has 23 heavy (non-hydrogen) atoms. The minimum Gasteiger partial charge on any atom is -0.480 e. The molecule has 0 amide bonds. The summed E-state index contributed by atoms with van der Waals surface area (Å²) >= 11 is 1.69. The van der Waals surface area contributed by atoms with Crippen molar-refractivity contribution in [1.82, 2.24) is 9.88 Å². The fourth-order valence-electron chi connectivity index (χ4n) is 3.25. The molecule has 5 heteroatoms. The van der Waals surface area contributed by atoms with E-state index in [9.17, 15) is 9.90 Å². The second-order valence-electron chi connectivity index (χ2n) is 6.11. The van der Waals surface area contributed by atoms with Crippen LogP contribution < -0.4 is 0 Å². The van der Waals surface area contributed by atoms with E-state index in [2.05, 4.69) is 47.3 Å². The van der Waals surface area contributed by atoms with Crippen molar-refractivity contribution >= 4 is 17.3 Å². The van der Waals surface area contributed by atoms with Crippen LogP contribution in [0.2, 0.25) is 0 Å². The molecule has 0 radical (unpaired) electrons. The van der Waals surface area contributed by atoms with Gasteiger partial charge >= 0.3 is 5.97 Å². The number of likely N-dealkylation sites (tertiary alicyclic amines) is 1. The van der Waals surface area contributed by atoms with Gasteiger partial charge in [0, 0.05) is 17.6 Å². The van der Waals surface area contributed by atoms with Crippen molar-refractivity contribution in [2.24, 2.45) is 0 Å². The minimum absolute atomic E-state index is 0.0665. The molecule has 3 rings (SSSR count). The Morgan fingerprint density at radius 1 is 1.52 bits per heavy atom. The molecule has 0 bridgehead atoms. The van der Waals surface area contributed by atoms with E-state index in [-0.39, 0.29) is 6.04 Å². The van der Waals surface area contributed by atoms with Crippen molar-refractivity contribution < 1.29 is 9.90 Å². The SMILES string of the molecule is CCc1ccc(C(c2cc(C)cs2)N2CCCC2C(=O)O)nc1. The third-order valence-corrected chi connectivity index (χ3v) is 5.57. The average Bonchev–Trinajstić information content (AvgIpc) is 3.18. The van der Waals surface area contributed by atoms with Crippen LogP contribution in [-0.4, -0.2) is 33.5 Å². The lowest BCUT2D eigenvalue weighted by Gasteiger charge is -2.30. The smallest absolute Gasteiger partial charge is 0.320 e. The van der Waals surface area contributed by atoms with Gasteiger partial charge in [0.15, 0.2) is 0 Å². The van der Waals surface area contributed by atoms with Crippen molar-refractivity contribution in [3.8, 4) is 0 Å². The van der Waals surface area contributed by atoms with E-state index >= 15 is 0 Å². The third kappa shape index (κ3) is 3.31. The molecule has 3 heterocycles. The van der Waals surface area contributed by atoms with E-state index in [0.29, 0.717) is 6.42 Å². The van der Waals surface area contributed by atoms with Crippen molar-refractivity contribution in [1.29, 1.82) is 0 Å². The Labute approximate surface area is 140 Å². The van der Waals surface area contributed by atoms with Gasteiger partial charge in [-0.25, -0.2) is 0 Å². The number of hydrogen-bond acceptors (Lipinski definition) is 4. The summed E-state index contributed by atoms with van der Waals surface area (Å²) in [5, 5.41) is 11.7. The lowest BCUT2D eigenvalue weighted by molar-refractivity contribution is -0.142. The number of thiophene rings is 1. The number of rotatable bonds is 5. The zero-order valence-corrected chi connectivity index (χ0v) is 14.3. The summed E-state index contributed by atoms with van der Waals surface area (Å²) in [6.07, 6.45) is 4.50. The second kappa shape index (κ2) is 6.81. The average molecular weight is 330 g/mol. The first-order valence-electron chi connectivity index (χ1n) is 8.08. The van der Waals surface area contributed by atoms with Crippen LogP contribution >= 0.6 is 11.3 Å². The summed E-state index contributed by atoms with van der Waals surface area (Å²) in [7, 11) is 0. The van der Waals surface area contributed by atoms with Gasteiger partial charge in [0.25, 0.3) is 0 Å². The molecule has 2 unspecified atom stereocenters. The number of carbonyl (C=O) groups is 1. The Hall–Kier alpha value is -1.72. The summed E-state index contributed by atoms with van der Waals surface area (Å²) in [6, 6.07) is 5.82. The van der Waals surface area contributed by atoms with Crippen molar-refractivity contribution in [3.63, 3.8) is 0 Å². The topological polar surface area (TPSA) is 53.4 Å². The molecule has 0 aliphatic carbocycles. The van der Waals surface area contributed by atoms with E-state index in [0.717, 1.165) is 25.1 Å². The molecule has 1 aliphatic rings. The molecular formula is C18H22N2O2S. The zero-order chi connectivity index (χ0) is 16.4. The Bertz CT molecular complexity index is 681. The van der Waals surface area contributed by atoms with Crippen molar-refractivity contribution in [3.05, 3.63) is 51.5 Å². The number of carboxylic acid groups (broad SMARTS) is 1. The molecule has 0 aromatic carbocycles. The zero-order valence-electron chi connectivity index (χ0n) is 13.5. The maximum absolute atomic E-state index is 11.6. The predicted molar refractivity (Wildman–Crippen MR) is 91.9 cm³/mol. The van der Waals surface area contributed by atoms with Crippen LogP contribution in [0.4, 0.5) is 0 Å². The molecule has 1 N–H and O–H groups in total. The molecule has 1 saturated heterocycles. The van der Waals surface area contributed by atoms with Gasteiger partial charge < -0.3 is 5.11 Å². The first-order valence-corrected chi connectivity index (χ1v) is 8.96. The summed E-state index contributed by atoms with van der Waals surface area (Å²) in [6.45, 7) is 4.98. The molecule has 2 aromatic heterocycles. The van der Waals surface area contributed by atoms with Gasteiger partial charge in [-0.3, -0.25) is 14.7 Å². The predicted octanol–water partition coefficient (Wildman–Crippen LogP) is 3.65. The van der Waals surface area contributed by atoms with Crippen LogP contribution in [0.15, 0.2) is 29.8 Å². The van der Waals surface area contributed by atoms with Gasteiger partial charge in [0.2, 0.25) is 0 Å². The van der Waals surface area contributed by atoms with E-state index in [1.54, 1.807) is 11.3 Å². The van der Waals surface area contributed by atoms with E-state index in [1.807, 2.05) is 6.20 Å². The first-order chi connectivity index (χ1) is 11.1. The Morgan fingerprint density at radius 3 is 2.91 bits per heavy atom. The van der Waals surface area contributed by atoms with Crippen molar-refractivity contribution in [2.75, 3.05) is 6.54 Å². The molecule has 1 aliphatic heterocycles. The molecule has 0 saturated carbocycles. The maximum Gasteiger partial charge on any atom is 0.320 e. The molecule has 2 atom stereocenters. The Kier molecular flexibility index (Phi) is 4.78. The number of aryl methyl sites for hydroxylation is 2. The molecule has 0 spiro atoms. The highest BCUT2D eigenvalue weighted by Gasteiger charge is 2.37. The van der Waals surface area contributed by atoms with E-state index < -0.39 is 12.0 Å². The standard InChI is InChI=1S/C18H22N2O2S/c1-3-13-6-7-14(19-10-13)17(16-9-12(2)11-23-16)20-8-4-5-15(20)18(21)22/h6-7,9-11,15,17H,3-5,8H2,1-2H3,(H,21,22). The van der Waals surface area contributed by atoms with Crippen LogP contribution in [0.3, 0.4) is 0 Å². The first kappa shape index (κ1) is 16.1. The van der Waals surface area contributed by atoms with Crippen LogP contribution in [-0.2, 0) is 11.2 Å². The van der Waals surface area contributed by atoms with Gasteiger partial charge in [0.05, 0.1) is 11.7 Å². The van der Waals surface area contributed by atoms with Gasteiger partial charge in [0.1, 0.15) is 6.04 Å². The number of carboxylic acids is 1. The lowest BCUT2D eigenvalue weighted by atomic mass is 10.1. The van der Waals surface area contributed by atoms with Crippen LogP contribution in [0, 0.1) is 6.92 Å². The third-order valence-electron chi connectivity index (χ3n) is 4.47. The minimum atomic E-state index is -0.731. The fourth-order valence-corrected chi connectivity index (χ4v) is 4.27. The van der Waals surface area contributed by atoms with Crippen molar-refractivity contribution in [2.45, 2.75) is 45.2 Å². The van der Waals surface area contributed by atoms with Gasteiger partial charge in [-0.1, -0.05) is 13.0 Å². The number of hydrogen-bond donors (Lipinski definition) is 1. The highest BCUT2D eigenvalue weighted by atomic mass is 32.1. The monoisotopic (exact) mass is 330 g/mol. The van der Waals surface area contributed by atoms with Gasteiger partial charge in [-0.15, -0.1) is 11.3 Å². The Morgan fingerprint density at radius 2 is 2.35 bits per heavy atom. The number of pyridine rings is 1. The quantitative estimate of drug-likeness (QED) is 0.909. The number of aliphatic carboxylic acids is 1. The summed E-state index contributed by atoms with van der Waals surface area (Å²) < 4.78 is 0. The maximum atomic E-state index is 11.6. The van der Waals surface area contributed by atoms with Crippen LogP contribution in [0.5, 0.6) is 0 Å². The summed E-state index contributed by atoms with van der Waals surface area (Å²) in [5.41, 5.74) is 3.36. The number of nitrogens with zero attached hydrogens (tertiary/aromatic N) is 2. The summed E-state index contributed by atoms with van der Waals surface area (Å²) in [4.78, 5) is 19.5. The van der Waals surface area contributed by atoms with E-state index in [4.69, 9.17) is 0 Å². The molecule has 122 valence electrons. The van der Waals surface area contributed by atoms with Crippen LogP contribution in [0.25, 0.3) is 0 Å². The molecular weight excluding hydrogens is 308 g/mol. The largest absolute Gasteiger partial charge is 0.480 e. The summed E-state index contributed by atoms with van der Waals surface area (Å²) in [5.74, 6) is -0.731. The van der Waals surface area contributed by atoms with Gasteiger partial charge in [-0.05, 0) is 54.8 Å². The van der Waals surface area contributed by atoms with Gasteiger partial charge in [-0.2, -0.15) is 0 Å². The normalized spacial score (nSPS) is 19.8. The van der Waals surface area contributed by atoms with E-state index in [1.165, 1.54) is 16.0 Å². The number of aromatic nitrogens is 1. The second-order valence-corrected chi connectivity index (χ2v) is 7.05. The highest BCUT2D eigenvalue weighted by molar-refractivity contribution is 7.10. The lowest BCUT2D eigenvalue weighted by Crippen LogP contribution is -2.39. The molecule has 2 aromatic rings. The Balaban J connectivity index is 2.01. The molecule has 1 fully saturated rings. The van der Waals surface area contributed by atoms with Crippen LogP contribution in [0.1, 0.15) is 47.5 Å². The fraction of sp³-hybridized carbons (Fsp3) is 0.444. The highest BCUT2D eigenvalue weighted by Crippen LogP contribution is 2.36.